The second kappa shape index (κ2) is 9.84. The summed E-state index contributed by atoms with van der Waals surface area (Å²) >= 11 is 0. The molecule has 0 unspecified atom stereocenters. The number of rotatable bonds is 8. The third kappa shape index (κ3) is 5.56. The standard InChI is InChI=1S/C21H26F3N5O2/c1-2-3-4-5-6-12-30-17-10-9-14(13-15(17)21(22,23)24)18-27-19(31-28-18)16-8-7-11-29(16)20(25)26/h4-5,9-10,13,16H,2-3,6-8,11-12H2,1H3,(H3,25,26)/p+1/b5-4-/t16-/m0/s1. The van der Waals surface area contributed by atoms with Gasteiger partial charge in [0.15, 0.2) is 6.04 Å². The molecule has 31 heavy (non-hydrogen) atoms. The van der Waals surface area contributed by atoms with Crippen LogP contribution in [-0.2, 0) is 6.18 Å². The van der Waals surface area contributed by atoms with Crippen molar-refractivity contribution < 1.29 is 27.0 Å². The summed E-state index contributed by atoms with van der Waals surface area (Å²) in [4.78, 5) is 4.29. The first-order valence-electron chi connectivity index (χ1n) is 10.3. The van der Waals surface area contributed by atoms with Crippen LogP contribution in [0.4, 0.5) is 13.2 Å². The summed E-state index contributed by atoms with van der Waals surface area (Å²) in [7, 11) is 0. The van der Waals surface area contributed by atoms with Crippen LogP contribution in [0.3, 0.4) is 0 Å². The lowest BCUT2D eigenvalue weighted by Crippen LogP contribution is -2.35. The number of unbranched alkanes of at least 4 members (excludes halogenated alkanes) is 1. The van der Waals surface area contributed by atoms with Crippen molar-refractivity contribution in [2.45, 2.75) is 51.2 Å². The molecule has 0 amide bonds. The molecule has 168 valence electrons. The van der Waals surface area contributed by atoms with Crippen LogP contribution in [0, 0.1) is 0 Å². The topological polar surface area (TPSA) is 103 Å². The van der Waals surface area contributed by atoms with Gasteiger partial charge in [0, 0.05) is 5.56 Å². The predicted molar refractivity (Wildman–Crippen MR) is 109 cm³/mol. The molecular formula is C21H27F3N5O2+. The molecule has 2 aromatic rings. The van der Waals surface area contributed by atoms with Gasteiger partial charge in [-0.1, -0.05) is 30.7 Å². The molecule has 1 aliphatic rings. The van der Waals surface area contributed by atoms with Gasteiger partial charge in [-0.05, 0) is 43.9 Å². The maximum absolute atomic E-state index is 13.6. The molecule has 0 saturated carbocycles. The highest BCUT2D eigenvalue weighted by atomic mass is 19.4. The highest BCUT2D eigenvalue weighted by Crippen LogP contribution is 2.39. The third-order valence-electron chi connectivity index (χ3n) is 5.02. The number of ether oxygens (including phenoxy) is 1. The number of allylic oxidation sites excluding steroid dienone is 1. The normalized spacial score (nSPS) is 16.9. The van der Waals surface area contributed by atoms with Gasteiger partial charge < -0.3 is 9.26 Å². The fourth-order valence-corrected chi connectivity index (χ4v) is 3.48. The second-order valence-corrected chi connectivity index (χ2v) is 7.34. The van der Waals surface area contributed by atoms with Crippen LogP contribution in [0.25, 0.3) is 11.4 Å². The molecule has 2 heterocycles. The number of hydrogen-bond acceptors (Lipinski definition) is 4. The third-order valence-corrected chi connectivity index (χ3v) is 5.02. The Morgan fingerprint density at radius 3 is 2.77 bits per heavy atom. The smallest absolute Gasteiger partial charge is 0.419 e. The first-order valence-corrected chi connectivity index (χ1v) is 10.3. The van der Waals surface area contributed by atoms with E-state index in [1.165, 1.54) is 12.1 Å². The number of nitrogens with two attached hydrogens (primary N) is 2. The molecule has 1 atom stereocenters. The van der Waals surface area contributed by atoms with Crippen LogP contribution in [0.2, 0.25) is 0 Å². The van der Waals surface area contributed by atoms with Crippen molar-refractivity contribution in [3.63, 3.8) is 0 Å². The predicted octanol–water partition coefficient (Wildman–Crippen LogP) is 4.00. The van der Waals surface area contributed by atoms with Gasteiger partial charge in [-0.3, -0.25) is 16.0 Å². The minimum absolute atomic E-state index is 0.0667. The van der Waals surface area contributed by atoms with Crippen molar-refractivity contribution in [1.29, 1.82) is 0 Å². The zero-order valence-electron chi connectivity index (χ0n) is 17.4. The fraction of sp³-hybridized carbons (Fsp3) is 0.476. The van der Waals surface area contributed by atoms with Gasteiger partial charge in [0.25, 0.3) is 5.89 Å². The Balaban J connectivity index is 1.80. The Bertz CT molecular complexity index is 949. The van der Waals surface area contributed by atoms with E-state index >= 15 is 0 Å². The Morgan fingerprint density at radius 1 is 1.29 bits per heavy atom. The average Bonchev–Trinajstić information content (AvgIpc) is 3.39. The number of guanidine groups is 1. The fourth-order valence-electron chi connectivity index (χ4n) is 3.48. The molecule has 1 aliphatic heterocycles. The van der Waals surface area contributed by atoms with Crippen LogP contribution in [0.1, 0.15) is 56.5 Å². The lowest BCUT2D eigenvalue weighted by Gasteiger charge is -2.14. The van der Waals surface area contributed by atoms with Gasteiger partial charge >= 0.3 is 12.1 Å². The Labute approximate surface area is 178 Å². The van der Waals surface area contributed by atoms with Gasteiger partial charge in [0.1, 0.15) is 5.75 Å². The molecule has 10 heteroatoms. The Hall–Kier alpha value is -3.04. The van der Waals surface area contributed by atoms with Gasteiger partial charge in [-0.25, -0.2) is 0 Å². The summed E-state index contributed by atoms with van der Waals surface area (Å²) in [6.45, 7) is 2.87. The van der Waals surface area contributed by atoms with Crippen molar-refractivity contribution in [2.24, 2.45) is 11.5 Å². The van der Waals surface area contributed by atoms with Crippen molar-refractivity contribution in [3.05, 3.63) is 41.8 Å². The first kappa shape index (κ1) is 22.6. The lowest BCUT2D eigenvalue weighted by atomic mass is 10.1. The average molecular weight is 438 g/mol. The molecule has 7 nitrogen and oxygen atoms in total. The summed E-state index contributed by atoms with van der Waals surface area (Å²) in [6, 6.07) is 3.48. The number of halogens is 3. The quantitative estimate of drug-likeness (QED) is 0.279. The van der Waals surface area contributed by atoms with Crippen LogP contribution in [0.5, 0.6) is 5.75 Å². The lowest BCUT2D eigenvalue weighted by molar-refractivity contribution is -0.555. The SMILES string of the molecule is CCC/C=C\CCOc1ccc(-c2noc([C@@H]3CCC[N+]3=C(N)N)n2)cc1C(F)(F)F. The molecule has 1 aromatic carbocycles. The van der Waals surface area contributed by atoms with Crippen molar-refractivity contribution in [3.8, 4) is 17.1 Å². The van der Waals surface area contributed by atoms with E-state index in [2.05, 4.69) is 17.1 Å². The molecule has 4 N–H and O–H groups in total. The zero-order valence-corrected chi connectivity index (χ0v) is 17.4. The number of benzene rings is 1. The summed E-state index contributed by atoms with van der Waals surface area (Å²) in [5.74, 6) is 0.259. The van der Waals surface area contributed by atoms with Gasteiger partial charge in [-0.2, -0.15) is 18.2 Å². The highest BCUT2D eigenvalue weighted by Gasteiger charge is 2.36. The van der Waals surface area contributed by atoms with Gasteiger partial charge in [0.2, 0.25) is 5.82 Å². The van der Waals surface area contributed by atoms with Crippen LogP contribution < -0.4 is 16.2 Å². The van der Waals surface area contributed by atoms with Crippen molar-refractivity contribution in [1.82, 2.24) is 10.1 Å². The molecule has 0 radical (unpaired) electrons. The Kier molecular flexibility index (Phi) is 7.19. The van der Waals surface area contributed by atoms with Crippen LogP contribution in [-0.4, -0.2) is 33.8 Å². The van der Waals surface area contributed by atoms with E-state index in [0.717, 1.165) is 25.3 Å². The van der Waals surface area contributed by atoms with Crippen molar-refractivity contribution in [2.75, 3.05) is 13.2 Å². The molecule has 1 fully saturated rings. The first-order chi connectivity index (χ1) is 14.8. The van der Waals surface area contributed by atoms with E-state index in [0.29, 0.717) is 19.4 Å². The van der Waals surface area contributed by atoms with E-state index < -0.39 is 11.7 Å². The van der Waals surface area contributed by atoms with Crippen LogP contribution >= 0.6 is 0 Å². The summed E-state index contributed by atoms with van der Waals surface area (Å²) in [5.41, 5.74) is 10.7. The molecule has 3 rings (SSSR count). The number of hydrogen-bond donors (Lipinski definition) is 2. The molecule has 1 saturated heterocycles. The minimum atomic E-state index is -4.58. The van der Waals surface area contributed by atoms with E-state index in [-0.39, 0.29) is 41.6 Å². The molecule has 0 aliphatic carbocycles. The summed E-state index contributed by atoms with van der Waals surface area (Å²) in [6.07, 6.45) is 3.37. The van der Waals surface area contributed by atoms with E-state index in [1.807, 2.05) is 12.2 Å². The van der Waals surface area contributed by atoms with E-state index in [4.69, 9.17) is 20.7 Å². The van der Waals surface area contributed by atoms with Crippen molar-refractivity contribution >= 4 is 5.96 Å². The maximum Gasteiger partial charge on any atom is 0.419 e. The summed E-state index contributed by atoms with van der Waals surface area (Å²) < 4.78 is 53.3. The van der Waals surface area contributed by atoms with Gasteiger partial charge in [-0.15, -0.1) is 0 Å². The minimum Gasteiger partial charge on any atom is -0.493 e. The van der Waals surface area contributed by atoms with E-state index in [9.17, 15) is 13.2 Å². The van der Waals surface area contributed by atoms with Gasteiger partial charge in [0.05, 0.1) is 18.7 Å². The number of aromatic nitrogens is 2. The van der Waals surface area contributed by atoms with Crippen LogP contribution in [0.15, 0.2) is 34.9 Å². The largest absolute Gasteiger partial charge is 0.493 e. The molecule has 0 bridgehead atoms. The maximum atomic E-state index is 13.6. The zero-order chi connectivity index (χ0) is 22.4. The monoisotopic (exact) mass is 438 g/mol. The molecule has 1 aromatic heterocycles. The molecular weight excluding hydrogens is 411 g/mol. The highest BCUT2D eigenvalue weighted by molar-refractivity contribution is 5.70. The Morgan fingerprint density at radius 2 is 2.06 bits per heavy atom. The number of nitrogens with zero attached hydrogens (tertiary/aromatic N) is 3. The second-order valence-electron chi connectivity index (χ2n) is 7.34. The number of alkyl halides is 3. The van der Waals surface area contributed by atoms with E-state index in [1.54, 1.807) is 4.58 Å². The molecule has 0 spiro atoms. The summed E-state index contributed by atoms with van der Waals surface area (Å²) in [5, 5.41) is 3.86.